The van der Waals surface area contributed by atoms with E-state index in [1.165, 1.54) is 12.8 Å². The van der Waals surface area contributed by atoms with Gasteiger partial charge in [0.1, 0.15) is 6.61 Å². The molecule has 0 atom stereocenters. The fraction of sp³-hybridized carbons (Fsp3) is 0.900. The third-order valence-corrected chi connectivity index (χ3v) is 2.45. The molecule has 3 N–H and O–H groups in total. The van der Waals surface area contributed by atoms with Crippen molar-refractivity contribution in [2.45, 2.75) is 38.1 Å². The number of nitrogens with one attached hydrogen (secondary N) is 1. The van der Waals surface area contributed by atoms with Gasteiger partial charge in [0.05, 0.1) is 0 Å². The van der Waals surface area contributed by atoms with Crippen LogP contribution in [-0.4, -0.2) is 31.7 Å². The van der Waals surface area contributed by atoms with Crippen LogP contribution in [0.3, 0.4) is 0 Å². The first kappa shape index (κ1) is 11.5. The predicted molar refractivity (Wildman–Crippen MR) is 54.9 cm³/mol. The summed E-state index contributed by atoms with van der Waals surface area (Å²) in [6, 6.07) is 0.389. The molecule has 1 saturated carbocycles. The van der Waals surface area contributed by atoms with Crippen molar-refractivity contribution in [3.63, 3.8) is 0 Å². The number of rotatable bonds is 6. The summed E-state index contributed by atoms with van der Waals surface area (Å²) in [5.41, 5.74) is 5.30. The summed E-state index contributed by atoms with van der Waals surface area (Å²) in [5, 5.41) is 2.96. The fourth-order valence-electron chi connectivity index (χ4n) is 1.69. The van der Waals surface area contributed by atoms with Crippen LogP contribution in [0.15, 0.2) is 0 Å². The third kappa shape index (κ3) is 4.58. The number of ether oxygens (including phenoxy) is 1. The number of hydrogen-bond acceptors (Lipinski definition) is 3. The molecule has 0 bridgehead atoms. The van der Waals surface area contributed by atoms with Crippen LogP contribution in [0.25, 0.3) is 0 Å². The molecule has 0 unspecified atom stereocenters. The molecule has 1 aliphatic rings. The Kier molecular flexibility index (Phi) is 5.56. The molecular weight excluding hydrogens is 180 g/mol. The van der Waals surface area contributed by atoms with Gasteiger partial charge in [0.15, 0.2) is 0 Å². The molecule has 4 nitrogen and oxygen atoms in total. The van der Waals surface area contributed by atoms with Gasteiger partial charge in [0.2, 0.25) is 5.91 Å². The number of nitrogens with two attached hydrogens (primary N) is 1. The summed E-state index contributed by atoms with van der Waals surface area (Å²) < 4.78 is 5.15. The highest BCUT2D eigenvalue weighted by Crippen LogP contribution is 2.17. The molecular formula is C10H20N2O2. The lowest BCUT2D eigenvalue weighted by atomic mass is 10.2. The largest absolute Gasteiger partial charge is 0.372 e. The first-order valence-corrected chi connectivity index (χ1v) is 5.40. The van der Waals surface area contributed by atoms with Gasteiger partial charge < -0.3 is 15.8 Å². The molecule has 1 amide bonds. The quantitative estimate of drug-likeness (QED) is 0.610. The molecule has 0 aromatic heterocycles. The number of amides is 1. The zero-order valence-corrected chi connectivity index (χ0v) is 8.63. The van der Waals surface area contributed by atoms with E-state index < -0.39 is 0 Å². The lowest BCUT2D eigenvalue weighted by Gasteiger charge is -2.11. The van der Waals surface area contributed by atoms with E-state index in [4.69, 9.17) is 10.5 Å². The van der Waals surface area contributed by atoms with Crippen LogP contribution in [0.4, 0.5) is 0 Å². The normalized spacial score (nSPS) is 17.2. The van der Waals surface area contributed by atoms with E-state index in [1.807, 2.05) is 0 Å². The Labute approximate surface area is 85.2 Å². The third-order valence-electron chi connectivity index (χ3n) is 2.45. The lowest BCUT2D eigenvalue weighted by Crippen LogP contribution is -2.35. The van der Waals surface area contributed by atoms with E-state index in [0.717, 1.165) is 19.3 Å². The van der Waals surface area contributed by atoms with Crippen LogP contribution < -0.4 is 11.1 Å². The van der Waals surface area contributed by atoms with Crippen LogP contribution in [0, 0.1) is 0 Å². The first-order chi connectivity index (χ1) is 6.83. The monoisotopic (exact) mass is 200 g/mol. The predicted octanol–water partition coefficient (Wildman–Crippen LogP) is 0.411. The molecule has 82 valence electrons. The van der Waals surface area contributed by atoms with Crippen molar-refractivity contribution in [2.75, 3.05) is 19.8 Å². The second-order valence-corrected chi connectivity index (χ2v) is 3.74. The number of hydrogen-bond donors (Lipinski definition) is 2. The van der Waals surface area contributed by atoms with E-state index in [2.05, 4.69) is 5.32 Å². The van der Waals surface area contributed by atoms with Crippen molar-refractivity contribution >= 4 is 5.91 Å². The zero-order valence-electron chi connectivity index (χ0n) is 8.63. The van der Waals surface area contributed by atoms with Crippen molar-refractivity contribution in [2.24, 2.45) is 5.73 Å². The fourth-order valence-corrected chi connectivity index (χ4v) is 1.69. The summed E-state index contributed by atoms with van der Waals surface area (Å²) in [6.07, 6.45) is 5.53. The summed E-state index contributed by atoms with van der Waals surface area (Å²) in [7, 11) is 0. The molecule has 0 aromatic carbocycles. The summed E-state index contributed by atoms with van der Waals surface area (Å²) in [4.78, 5) is 11.3. The Morgan fingerprint density at radius 1 is 1.43 bits per heavy atom. The second kappa shape index (κ2) is 6.79. The minimum atomic E-state index is 0.00826. The molecule has 1 aliphatic carbocycles. The zero-order chi connectivity index (χ0) is 10.2. The van der Waals surface area contributed by atoms with E-state index in [9.17, 15) is 4.79 Å². The van der Waals surface area contributed by atoms with Gasteiger partial charge in [-0.2, -0.15) is 0 Å². The number of carbonyl (C=O) groups excluding carboxylic acids is 1. The second-order valence-electron chi connectivity index (χ2n) is 3.74. The average molecular weight is 200 g/mol. The molecule has 1 rings (SSSR count). The topological polar surface area (TPSA) is 64.3 Å². The smallest absolute Gasteiger partial charge is 0.246 e. The van der Waals surface area contributed by atoms with Crippen molar-refractivity contribution in [3.8, 4) is 0 Å². The Morgan fingerprint density at radius 3 is 2.79 bits per heavy atom. The molecule has 0 radical (unpaired) electrons. The van der Waals surface area contributed by atoms with Gasteiger partial charge in [0.25, 0.3) is 0 Å². The Morgan fingerprint density at radius 2 is 2.14 bits per heavy atom. The maximum Gasteiger partial charge on any atom is 0.246 e. The van der Waals surface area contributed by atoms with Crippen molar-refractivity contribution in [1.29, 1.82) is 0 Å². The van der Waals surface area contributed by atoms with Gasteiger partial charge in [-0.25, -0.2) is 0 Å². The number of carbonyl (C=O) groups is 1. The van der Waals surface area contributed by atoms with E-state index in [0.29, 0.717) is 19.2 Å². The minimum absolute atomic E-state index is 0.00826. The molecule has 0 aliphatic heterocycles. The van der Waals surface area contributed by atoms with Crippen LogP contribution in [-0.2, 0) is 9.53 Å². The standard InChI is InChI=1S/C10H20N2O2/c11-6-3-7-14-8-10(13)12-9-4-1-2-5-9/h9H,1-8,11H2,(H,12,13). The van der Waals surface area contributed by atoms with Gasteiger partial charge in [-0.3, -0.25) is 4.79 Å². The van der Waals surface area contributed by atoms with Gasteiger partial charge in [0, 0.05) is 12.6 Å². The molecule has 1 fully saturated rings. The van der Waals surface area contributed by atoms with Gasteiger partial charge in [-0.1, -0.05) is 12.8 Å². The van der Waals surface area contributed by atoms with Crippen molar-refractivity contribution in [3.05, 3.63) is 0 Å². The average Bonchev–Trinajstić information content (AvgIpc) is 2.65. The highest BCUT2D eigenvalue weighted by molar-refractivity contribution is 5.77. The molecule has 0 heterocycles. The maximum absolute atomic E-state index is 11.3. The maximum atomic E-state index is 11.3. The Balaban J connectivity index is 1.98. The van der Waals surface area contributed by atoms with Gasteiger partial charge in [-0.05, 0) is 25.8 Å². The molecule has 14 heavy (non-hydrogen) atoms. The molecule has 0 aromatic rings. The van der Waals surface area contributed by atoms with E-state index >= 15 is 0 Å². The Bertz CT molecular complexity index is 168. The van der Waals surface area contributed by atoms with E-state index in [-0.39, 0.29) is 12.5 Å². The SMILES string of the molecule is NCCCOCC(=O)NC1CCCC1. The summed E-state index contributed by atoms with van der Waals surface area (Å²) in [5.74, 6) is 0.00826. The van der Waals surface area contributed by atoms with Crippen LogP contribution in [0.5, 0.6) is 0 Å². The van der Waals surface area contributed by atoms with Crippen LogP contribution in [0.1, 0.15) is 32.1 Å². The van der Waals surface area contributed by atoms with Crippen LogP contribution >= 0.6 is 0 Å². The highest BCUT2D eigenvalue weighted by atomic mass is 16.5. The van der Waals surface area contributed by atoms with Crippen molar-refractivity contribution < 1.29 is 9.53 Å². The van der Waals surface area contributed by atoms with Crippen molar-refractivity contribution in [1.82, 2.24) is 5.32 Å². The van der Waals surface area contributed by atoms with Gasteiger partial charge in [-0.15, -0.1) is 0 Å². The highest BCUT2D eigenvalue weighted by Gasteiger charge is 2.16. The van der Waals surface area contributed by atoms with Gasteiger partial charge >= 0.3 is 0 Å². The summed E-state index contributed by atoms with van der Waals surface area (Å²) >= 11 is 0. The molecule has 0 saturated heterocycles. The van der Waals surface area contributed by atoms with E-state index in [1.54, 1.807) is 0 Å². The summed E-state index contributed by atoms with van der Waals surface area (Å²) in [6.45, 7) is 1.37. The first-order valence-electron chi connectivity index (χ1n) is 5.40. The lowest BCUT2D eigenvalue weighted by molar-refractivity contribution is -0.126. The minimum Gasteiger partial charge on any atom is -0.372 e. The molecule has 4 heteroatoms. The van der Waals surface area contributed by atoms with Crippen LogP contribution in [0.2, 0.25) is 0 Å². The molecule has 0 spiro atoms. The Hall–Kier alpha value is -0.610.